The maximum absolute atomic E-state index is 11.7. The average molecular weight is 217 g/mol. The fraction of sp³-hybridized carbons (Fsp3) is 0.100. The molecule has 0 unspecified atom stereocenters. The highest BCUT2D eigenvalue weighted by Crippen LogP contribution is 2.16. The lowest BCUT2D eigenvalue weighted by molar-refractivity contribution is 0.102. The van der Waals surface area contributed by atoms with Gasteiger partial charge in [-0.1, -0.05) is 0 Å². The number of nitrogens with zero attached hydrogens (tertiary/aromatic N) is 3. The van der Waals surface area contributed by atoms with Crippen molar-refractivity contribution in [3.05, 3.63) is 36.4 Å². The molecule has 1 amide bonds. The SMILES string of the molecule is Cn1cc(C(=O)Nc2ccncc2N)cn1. The van der Waals surface area contributed by atoms with Crippen molar-refractivity contribution in [3.8, 4) is 0 Å². The third-order valence-electron chi connectivity index (χ3n) is 2.07. The molecule has 0 aromatic carbocycles. The fourth-order valence-electron chi connectivity index (χ4n) is 1.25. The van der Waals surface area contributed by atoms with Crippen molar-refractivity contribution in [3.63, 3.8) is 0 Å². The molecule has 0 saturated heterocycles. The summed E-state index contributed by atoms with van der Waals surface area (Å²) in [6.07, 6.45) is 6.17. The largest absolute Gasteiger partial charge is 0.396 e. The number of aromatic nitrogens is 3. The van der Waals surface area contributed by atoms with E-state index in [2.05, 4.69) is 15.4 Å². The van der Waals surface area contributed by atoms with Crippen molar-refractivity contribution in [2.24, 2.45) is 7.05 Å². The van der Waals surface area contributed by atoms with Crippen LogP contribution >= 0.6 is 0 Å². The van der Waals surface area contributed by atoms with Crippen LogP contribution in [0.15, 0.2) is 30.9 Å². The zero-order valence-electron chi connectivity index (χ0n) is 8.71. The predicted molar refractivity (Wildman–Crippen MR) is 59.8 cm³/mol. The Labute approximate surface area is 92.1 Å². The van der Waals surface area contributed by atoms with Crippen LogP contribution < -0.4 is 11.1 Å². The molecule has 0 spiro atoms. The summed E-state index contributed by atoms with van der Waals surface area (Å²) in [6.45, 7) is 0. The minimum Gasteiger partial charge on any atom is -0.396 e. The van der Waals surface area contributed by atoms with E-state index in [1.165, 1.54) is 12.4 Å². The van der Waals surface area contributed by atoms with Gasteiger partial charge in [0.2, 0.25) is 0 Å². The zero-order chi connectivity index (χ0) is 11.5. The number of carbonyl (C=O) groups is 1. The first-order valence-electron chi connectivity index (χ1n) is 4.66. The number of nitrogens with two attached hydrogens (primary N) is 1. The summed E-state index contributed by atoms with van der Waals surface area (Å²) in [5.41, 5.74) is 7.11. The van der Waals surface area contributed by atoms with Crippen LogP contribution in [0.3, 0.4) is 0 Å². The lowest BCUT2D eigenvalue weighted by Gasteiger charge is -2.05. The topological polar surface area (TPSA) is 85.8 Å². The summed E-state index contributed by atoms with van der Waals surface area (Å²) in [4.78, 5) is 15.6. The molecule has 0 saturated carbocycles. The Morgan fingerprint density at radius 1 is 1.50 bits per heavy atom. The summed E-state index contributed by atoms with van der Waals surface area (Å²) in [5, 5.41) is 6.60. The summed E-state index contributed by atoms with van der Waals surface area (Å²) in [5.74, 6) is -0.244. The molecule has 2 aromatic heterocycles. The molecule has 6 nitrogen and oxygen atoms in total. The quantitative estimate of drug-likeness (QED) is 0.773. The molecule has 82 valence electrons. The highest BCUT2D eigenvalue weighted by Gasteiger charge is 2.09. The molecule has 0 aliphatic carbocycles. The molecule has 0 bridgehead atoms. The molecule has 3 N–H and O–H groups in total. The maximum Gasteiger partial charge on any atom is 0.258 e. The maximum atomic E-state index is 11.7. The smallest absolute Gasteiger partial charge is 0.258 e. The lowest BCUT2D eigenvalue weighted by Crippen LogP contribution is -2.12. The van der Waals surface area contributed by atoms with Crippen molar-refractivity contribution in [2.45, 2.75) is 0 Å². The minimum absolute atomic E-state index is 0.244. The van der Waals surface area contributed by atoms with Crippen LogP contribution in [-0.2, 0) is 7.05 Å². The second-order valence-electron chi connectivity index (χ2n) is 3.32. The first kappa shape index (κ1) is 10.2. The second kappa shape index (κ2) is 4.01. The van der Waals surface area contributed by atoms with Crippen LogP contribution in [0.5, 0.6) is 0 Å². The van der Waals surface area contributed by atoms with Gasteiger partial charge in [0.1, 0.15) is 0 Å². The number of hydrogen-bond donors (Lipinski definition) is 2. The Morgan fingerprint density at radius 3 is 2.94 bits per heavy atom. The number of carbonyl (C=O) groups excluding carboxylic acids is 1. The Hall–Kier alpha value is -2.37. The van der Waals surface area contributed by atoms with Crippen LogP contribution in [0.4, 0.5) is 11.4 Å². The summed E-state index contributed by atoms with van der Waals surface area (Å²) in [6, 6.07) is 1.64. The van der Waals surface area contributed by atoms with Crippen molar-refractivity contribution in [1.82, 2.24) is 14.8 Å². The van der Waals surface area contributed by atoms with Gasteiger partial charge in [-0.25, -0.2) is 0 Å². The van der Waals surface area contributed by atoms with Crippen molar-refractivity contribution in [1.29, 1.82) is 0 Å². The van der Waals surface area contributed by atoms with Gasteiger partial charge in [0.05, 0.1) is 29.3 Å². The number of aryl methyl sites for hydroxylation is 1. The van der Waals surface area contributed by atoms with Crippen LogP contribution in [0.25, 0.3) is 0 Å². The van der Waals surface area contributed by atoms with E-state index in [1.54, 1.807) is 30.2 Å². The van der Waals surface area contributed by atoms with Crippen molar-refractivity contribution < 1.29 is 4.79 Å². The van der Waals surface area contributed by atoms with Gasteiger partial charge in [0, 0.05) is 19.4 Å². The summed E-state index contributed by atoms with van der Waals surface area (Å²) >= 11 is 0. The Bertz CT molecular complexity index is 519. The number of pyridine rings is 1. The second-order valence-corrected chi connectivity index (χ2v) is 3.32. The lowest BCUT2D eigenvalue weighted by atomic mass is 10.3. The fourth-order valence-corrected chi connectivity index (χ4v) is 1.25. The van der Waals surface area contributed by atoms with Crippen molar-refractivity contribution >= 4 is 17.3 Å². The molecule has 0 aliphatic heterocycles. The zero-order valence-corrected chi connectivity index (χ0v) is 8.71. The summed E-state index contributed by atoms with van der Waals surface area (Å²) in [7, 11) is 1.75. The van der Waals surface area contributed by atoms with E-state index in [-0.39, 0.29) is 5.91 Å². The van der Waals surface area contributed by atoms with Gasteiger partial charge in [-0.3, -0.25) is 14.5 Å². The minimum atomic E-state index is -0.244. The van der Waals surface area contributed by atoms with Gasteiger partial charge in [0.25, 0.3) is 5.91 Å². The van der Waals surface area contributed by atoms with Gasteiger partial charge in [-0.2, -0.15) is 5.10 Å². The molecular formula is C10H11N5O. The Morgan fingerprint density at radius 2 is 2.31 bits per heavy atom. The van der Waals surface area contributed by atoms with Gasteiger partial charge in [0.15, 0.2) is 0 Å². The highest BCUT2D eigenvalue weighted by molar-refractivity contribution is 6.05. The third-order valence-corrected chi connectivity index (χ3v) is 2.07. The van der Waals surface area contributed by atoms with E-state index in [0.29, 0.717) is 16.9 Å². The van der Waals surface area contributed by atoms with E-state index in [0.717, 1.165) is 0 Å². The van der Waals surface area contributed by atoms with E-state index in [1.807, 2.05) is 0 Å². The molecule has 0 fully saturated rings. The van der Waals surface area contributed by atoms with Crippen molar-refractivity contribution in [2.75, 3.05) is 11.1 Å². The third kappa shape index (κ3) is 2.00. The monoisotopic (exact) mass is 217 g/mol. The first-order chi connectivity index (χ1) is 7.66. The Kier molecular flexibility index (Phi) is 2.55. The van der Waals surface area contributed by atoms with E-state index < -0.39 is 0 Å². The molecular weight excluding hydrogens is 206 g/mol. The van der Waals surface area contributed by atoms with Crippen LogP contribution in [0, 0.1) is 0 Å². The molecule has 2 aromatic rings. The van der Waals surface area contributed by atoms with Crippen LogP contribution in [0.1, 0.15) is 10.4 Å². The van der Waals surface area contributed by atoms with Crippen LogP contribution in [-0.4, -0.2) is 20.7 Å². The molecule has 16 heavy (non-hydrogen) atoms. The normalized spacial score (nSPS) is 10.1. The van der Waals surface area contributed by atoms with E-state index >= 15 is 0 Å². The molecule has 0 atom stereocenters. The van der Waals surface area contributed by atoms with Gasteiger partial charge in [-0.15, -0.1) is 0 Å². The Balaban J connectivity index is 2.17. The summed E-state index contributed by atoms with van der Waals surface area (Å²) < 4.78 is 1.56. The predicted octanol–water partition coefficient (Wildman–Crippen LogP) is 0.650. The van der Waals surface area contributed by atoms with E-state index in [9.17, 15) is 4.79 Å². The van der Waals surface area contributed by atoms with Gasteiger partial charge >= 0.3 is 0 Å². The number of anilines is 2. The number of hydrogen-bond acceptors (Lipinski definition) is 4. The first-order valence-corrected chi connectivity index (χ1v) is 4.66. The van der Waals surface area contributed by atoms with Crippen LogP contribution in [0.2, 0.25) is 0 Å². The standard InChI is InChI=1S/C10H11N5O/c1-15-6-7(4-13-15)10(16)14-9-2-3-12-5-8(9)11/h2-6H,11H2,1H3,(H,12,14,16). The van der Waals surface area contributed by atoms with Gasteiger partial charge in [-0.05, 0) is 6.07 Å². The molecule has 0 radical (unpaired) electrons. The number of rotatable bonds is 2. The highest BCUT2D eigenvalue weighted by atomic mass is 16.1. The molecule has 0 aliphatic rings. The van der Waals surface area contributed by atoms with E-state index in [4.69, 9.17) is 5.73 Å². The molecule has 2 rings (SSSR count). The van der Waals surface area contributed by atoms with Gasteiger partial charge < -0.3 is 11.1 Å². The number of amides is 1. The number of nitrogen functional groups attached to an aromatic ring is 1. The number of nitrogens with one attached hydrogen (secondary N) is 1. The molecule has 2 heterocycles. The molecule has 6 heteroatoms. The average Bonchev–Trinajstić information content (AvgIpc) is 2.68.